The van der Waals surface area contributed by atoms with E-state index < -0.39 is 0 Å². The van der Waals surface area contributed by atoms with Crippen molar-refractivity contribution in [3.8, 4) is 0 Å². The molecule has 1 saturated heterocycles. The number of hydrogen-bond acceptors (Lipinski definition) is 2. The van der Waals surface area contributed by atoms with Crippen molar-refractivity contribution in [2.45, 2.75) is 13.0 Å². The second-order valence-corrected chi connectivity index (χ2v) is 2.72. The lowest BCUT2D eigenvalue weighted by Crippen LogP contribution is -2.57. The molecule has 0 spiro atoms. The topological polar surface area (TPSA) is 61.4 Å². The second-order valence-electron chi connectivity index (χ2n) is 2.72. The lowest BCUT2D eigenvalue weighted by atomic mass is 10.2. The van der Waals surface area contributed by atoms with Crippen LogP contribution in [0.1, 0.15) is 6.92 Å². The van der Waals surface area contributed by atoms with E-state index in [-0.39, 0.29) is 18.0 Å². The number of carbonyl (C=O) groups excluding carboxylic acids is 2. The third-order valence-corrected chi connectivity index (χ3v) is 1.97. The summed E-state index contributed by atoms with van der Waals surface area (Å²) < 4.78 is 0. The van der Waals surface area contributed by atoms with Gasteiger partial charge in [0.1, 0.15) is 6.04 Å². The van der Waals surface area contributed by atoms with Crippen molar-refractivity contribution >= 4 is 11.9 Å². The van der Waals surface area contributed by atoms with Gasteiger partial charge in [0, 0.05) is 20.1 Å². The first-order valence-corrected chi connectivity index (χ1v) is 3.93. The van der Waals surface area contributed by atoms with Crippen molar-refractivity contribution in [1.29, 1.82) is 0 Å². The number of piperazine rings is 1. The van der Waals surface area contributed by atoms with Crippen LogP contribution in [0.3, 0.4) is 0 Å². The molecule has 2 N–H and O–H groups in total. The van der Waals surface area contributed by atoms with Gasteiger partial charge in [0.15, 0.2) is 0 Å². The summed E-state index contributed by atoms with van der Waals surface area (Å²) in [4.78, 5) is 23.8. The summed E-state index contributed by atoms with van der Waals surface area (Å²) in [6.45, 7) is 2.83. The fraction of sp³-hybridized carbons (Fsp3) is 0.714. The van der Waals surface area contributed by atoms with E-state index in [1.54, 1.807) is 14.0 Å². The minimum absolute atomic E-state index is 0.0927. The first kappa shape index (κ1) is 8.83. The highest BCUT2D eigenvalue weighted by Crippen LogP contribution is 2.02. The maximum absolute atomic E-state index is 11.2. The van der Waals surface area contributed by atoms with Crippen LogP contribution in [0.2, 0.25) is 0 Å². The highest BCUT2D eigenvalue weighted by molar-refractivity contribution is 5.87. The van der Waals surface area contributed by atoms with Crippen LogP contribution in [0.4, 0.5) is 4.79 Å². The van der Waals surface area contributed by atoms with Gasteiger partial charge < -0.3 is 15.5 Å². The zero-order valence-corrected chi connectivity index (χ0v) is 7.26. The summed E-state index contributed by atoms with van der Waals surface area (Å²) in [5.41, 5.74) is 0. The fourth-order valence-electron chi connectivity index (χ4n) is 1.20. The maximum atomic E-state index is 11.2. The van der Waals surface area contributed by atoms with Crippen molar-refractivity contribution in [1.82, 2.24) is 15.5 Å². The largest absolute Gasteiger partial charge is 0.353 e. The molecule has 1 rings (SSSR count). The number of carbonyl (C=O) groups is 2. The molecule has 1 unspecified atom stereocenters. The Bertz CT molecular complexity index is 205. The van der Waals surface area contributed by atoms with E-state index in [1.807, 2.05) is 0 Å². The molecule has 5 nitrogen and oxygen atoms in total. The molecule has 3 amide bonds. The van der Waals surface area contributed by atoms with Crippen LogP contribution < -0.4 is 10.6 Å². The molecule has 1 heterocycles. The highest BCUT2D eigenvalue weighted by atomic mass is 16.2. The number of nitrogens with one attached hydrogen (secondary N) is 2. The van der Waals surface area contributed by atoms with Crippen molar-refractivity contribution in [2.75, 3.05) is 20.1 Å². The molecule has 0 aromatic heterocycles. The van der Waals surface area contributed by atoms with Crippen LogP contribution in [-0.4, -0.2) is 43.0 Å². The normalized spacial score (nSPS) is 23.3. The van der Waals surface area contributed by atoms with E-state index in [0.29, 0.717) is 13.1 Å². The van der Waals surface area contributed by atoms with Crippen molar-refractivity contribution in [2.24, 2.45) is 0 Å². The van der Waals surface area contributed by atoms with Crippen LogP contribution in [0.15, 0.2) is 0 Å². The number of hydrogen-bond donors (Lipinski definition) is 2. The van der Waals surface area contributed by atoms with Crippen molar-refractivity contribution in [3.63, 3.8) is 0 Å². The minimum Gasteiger partial charge on any atom is -0.353 e. The Labute approximate surface area is 71.1 Å². The van der Waals surface area contributed by atoms with Gasteiger partial charge in [0.2, 0.25) is 5.91 Å². The number of amides is 3. The van der Waals surface area contributed by atoms with Crippen molar-refractivity contribution < 1.29 is 9.59 Å². The Morgan fingerprint density at radius 1 is 1.75 bits per heavy atom. The van der Waals surface area contributed by atoms with Gasteiger partial charge in [-0.2, -0.15) is 0 Å². The molecular formula is C7H13N3O2. The van der Waals surface area contributed by atoms with E-state index in [4.69, 9.17) is 0 Å². The van der Waals surface area contributed by atoms with E-state index in [0.717, 1.165) is 0 Å². The summed E-state index contributed by atoms with van der Waals surface area (Å²) >= 11 is 0. The third kappa shape index (κ3) is 1.49. The highest BCUT2D eigenvalue weighted by Gasteiger charge is 2.28. The summed E-state index contributed by atoms with van der Waals surface area (Å²) in [5.74, 6) is -0.0927. The van der Waals surface area contributed by atoms with E-state index in [2.05, 4.69) is 10.6 Å². The van der Waals surface area contributed by atoms with Gasteiger partial charge in [-0.3, -0.25) is 4.79 Å². The summed E-state index contributed by atoms with van der Waals surface area (Å²) in [7, 11) is 1.56. The summed E-state index contributed by atoms with van der Waals surface area (Å²) in [6, 6.07) is -0.559. The molecule has 1 aliphatic rings. The van der Waals surface area contributed by atoms with Gasteiger partial charge in [-0.15, -0.1) is 0 Å². The number of nitrogens with zero attached hydrogens (tertiary/aromatic N) is 1. The predicted molar refractivity (Wildman–Crippen MR) is 43.6 cm³/mol. The standard InChI is InChI=1S/C7H13N3O2/c1-5-6(11)9-3-4-10(5)7(12)8-2/h5H,3-4H2,1-2H3,(H,8,12)(H,9,11). The van der Waals surface area contributed by atoms with Gasteiger partial charge >= 0.3 is 6.03 Å². The maximum Gasteiger partial charge on any atom is 0.317 e. The van der Waals surface area contributed by atoms with Gasteiger partial charge in [-0.25, -0.2) is 4.79 Å². The zero-order chi connectivity index (χ0) is 9.14. The molecule has 1 atom stereocenters. The smallest absolute Gasteiger partial charge is 0.317 e. The van der Waals surface area contributed by atoms with Crippen LogP contribution in [0.25, 0.3) is 0 Å². The molecule has 12 heavy (non-hydrogen) atoms. The molecule has 1 aliphatic heterocycles. The molecule has 68 valence electrons. The lowest BCUT2D eigenvalue weighted by Gasteiger charge is -2.32. The molecule has 0 saturated carbocycles. The van der Waals surface area contributed by atoms with Crippen LogP contribution in [0.5, 0.6) is 0 Å². The molecule has 1 fully saturated rings. The van der Waals surface area contributed by atoms with Crippen molar-refractivity contribution in [3.05, 3.63) is 0 Å². The molecular weight excluding hydrogens is 158 g/mol. The number of urea groups is 1. The SMILES string of the molecule is CNC(=O)N1CCNC(=O)C1C. The Kier molecular flexibility index (Phi) is 2.52. The first-order chi connectivity index (χ1) is 5.66. The molecule has 0 aromatic carbocycles. The van der Waals surface area contributed by atoms with Crippen LogP contribution in [0, 0.1) is 0 Å². The fourth-order valence-corrected chi connectivity index (χ4v) is 1.20. The van der Waals surface area contributed by atoms with Gasteiger partial charge in [-0.05, 0) is 6.92 Å². The average Bonchev–Trinajstić information content (AvgIpc) is 2.08. The summed E-state index contributed by atoms with van der Waals surface area (Å²) in [6.07, 6.45) is 0. The molecule has 0 aromatic rings. The Balaban J connectivity index is 2.63. The summed E-state index contributed by atoms with van der Waals surface area (Å²) in [5, 5.41) is 5.17. The lowest BCUT2D eigenvalue weighted by molar-refractivity contribution is -0.126. The predicted octanol–water partition coefficient (Wildman–Crippen LogP) is -0.854. The molecule has 5 heteroatoms. The second kappa shape index (κ2) is 3.42. The zero-order valence-electron chi connectivity index (χ0n) is 7.26. The van der Waals surface area contributed by atoms with E-state index >= 15 is 0 Å². The van der Waals surface area contributed by atoms with E-state index in [1.165, 1.54) is 4.90 Å². The molecule has 0 radical (unpaired) electrons. The van der Waals surface area contributed by atoms with Crippen LogP contribution >= 0.6 is 0 Å². The quantitative estimate of drug-likeness (QED) is 0.498. The average molecular weight is 171 g/mol. The first-order valence-electron chi connectivity index (χ1n) is 3.93. The van der Waals surface area contributed by atoms with Gasteiger partial charge in [0.25, 0.3) is 0 Å². The molecule has 0 bridgehead atoms. The Hall–Kier alpha value is -1.26. The van der Waals surface area contributed by atoms with Gasteiger partial charge in [0.05, 0.1) is 0 Å². The molecule has 0 aliphatic carbocycles. The number of rotatable bonds is 0. The van der Waals surface area contributed by atoms with E-state index in [9.17, 15) is 9.59 Å². The monoisotopic (exact) mass is 171 g/mol. The minimum atomic E-state index is -0.362. The van der Waals surface area contributed by atoms with Gasteiger partial charge in [-0.1, -0.05) is 0 Å². The van der Waals surface area contributed by atoms with Crippen LogP contribution in [-0.2, 0) is 4.79 Å². The Morgan fingerprint density at radius 2 is 2.42 bits per heavy atom. The third-order valence-electron chi connectivity index (χ3n) is 1.97. The Morgan fingerprint density at radius 3 is 3.00 bits per heavy atom.